The Labute approximate surface area is 106 Å². The Kier molecular flexibility index (Phi) is 4.28. The summed E-state index contributed by atoms with van der Waals surface area (Å²) >= 11 is 0. The van der Waals surface area contributed by atoms with Gasteiger partial charge in [0.15, 0.2) is 11.5 Å². The number of nitrogens with one attached hydrogen (secondary N) is 2. The second kappa shape index (κ2) is 6.14. The van der Waals surface area contributed by atoms with Gasteiger partial charge in [-0.3, -0.25) is 4.79 Å². The molecule has 1 heterocycles. The van der Waals surface area contributed by atoms with Crippen molar-refractivity contribution in [1.82, 2.24) is 5.32 Å². The Morgan fingerprint density at radius 1 is 1.28 bits per heavy atom. The van der Waals surface area contributed by atoms with Gasteiger partial charge in [0.25, 0.3) is 0 Å². The van der Waals surface area contributed by atoms with Crippen LogP contribution < -0.4 is 20.1 Å². The molecule has 1 aliphatic rings. The van der Waals surface area contributed by atoms with E-state index in [-0.39, 0.29) is 12.5 Å². The van der Waals surface area contributed by atoms with Gasteiger partial charge in [0.2, 0.25) is 5.91 Å². The summed E-state index contributed by atoms with van der Waals surface area (Å²) in [6, 6.07) is 5.57. The lowest BCUT2D eigenvalue weighted by Gasteiger charge is -2.19. The summed E-state index contributed by atoms with van der Waals surface area (Å²) in [5.41, 5.74) is 0.853. The van der Waals surface area contributed by atoms with Crippen molar-refractivity contribution in [2.75, 3.05) is 31.6 Å². The molecule has 1 aromatic rings. The van der Waals surface area contributed by atoms with Gasteiger partial charge in [0, 0.05) is 18.3 Å². The highest BCUT2D eigenvalue weighted by molar-refractivity contribution is 5.80. The third-order valence-electron chi connectivity index (χ3n) is 2.57. The summed E-state index contributed by atoms with van der Waals surface area (Å²) in [5, 5.41) is 5.86. The van der Waals surface area contributed by atoms with Crippen molar-refractivity contribution in [3.8, 4) is 11.5 Å². The van der Waals surface area contributed by atoms with Gasteiger partial charge in [-0.05, 0) is 18.6 Å². The molecule has 0 atom stereocenters. The van der Waals surface area contributed by atoms with E-state index in [2.05, 4.69) is 10.6 Å². The highest BCUT2D eigenvalue weighted by atomic mass is 16.6. The van der Waals surface area contributed by atoms with Gasteiger partial charge in [-0.2, -0.15) is 0 Å². The summed E-state index contributed by atoms with van der Waals surface area (Å²) in [4.78, 5) is 11.4. The Hall–Kier alpha value is -1.91. The van der Waals surface area contributed by atoms with E-state index in [1.165, 1.54) is 0 Å². The first-order valence-electron chi connectivity index (χ1n) is 6.20. The van der Waals surface area contributed by atoms with Crippen LogP contribution >= 0.6 is 0 Å². The van der Waals surface area contributed by atoms with Crippen LogP contribution in [0.4, 0.5) is 5.69 Å². The number of anilines is 1. The average molecular weight is 250 g/mol. The molecule has 0 saturated heterocycles. The van der Waals surface area contributed by atoms with Crippen molar-refractivity contribution < 1.29 is 14.3 Å². The van der Waals surface area contributed by atoms with E-state index in [0.717, 1.165) is 23.6 Å². The summed E-state index contributed by atoms with van der Waals surface area (Å²) in [5.74, 6) is 1.47. The van der Waals surface area contributed by atoms with E-state index >= 15 is 0 Å². The third kappa shape index (κ3) is 3.29. The lowest BCUT2D eigenvalue weighted by molar-refractivity contribution is -0.119. The normalized spacial score (nSPS) is 12.9. The first-order valence-corrected chi connectivity index (χ1v) is 6.20. The summed E-state index contributed by atoms with van der Waals surface area (Å²) in [6.45, 7) is 4.14. The molecule has 1 aliphatic heterocycles. The number of rotatable bonds is 5. The van der Waals surface area contributed by atoms with Gasteiger partial charge in [-0.1, -0.05) is 6.92 Å². The van der Waals surface area contributed by atoms with E-state index in [1.807, 2.05) is 25.1 Å². The van der Waals surface area contributed by atoms with E-state index in [9.17, 15) is 4.79 Å². The minimum Gasteiger partial charge on any atom is -0.486 e. The molecule has 0 bridgehead atoms. The molecule has 98 valence electrons. The fourth-order valence-electron chi connectivity index (χ4n) is 1.66. The standard InChI is InChI=1S/C13H18N2O3/c1-2-5-14-13(16)9-15-10-3-4-11-12(8-10)18-7-6-17-11/h3-4,8,15H,2,5-7,9H2,1H3,(H,14,16). The molecule has 1 amide bonds. The lowest BCUT2D eigenvalue weighted by Crippen LogP contribution is -2.30. The molecule has 2 rings (SSSR count). The van der Waals surface area contributed by atoms with Gasteiger partial charge < -0.3 is 20.1 Å². The molecular weight excluding hydrogens is 232 g/mol. The fourth-order valence-corrected chi connectivity index (χ4v) is 1.66. The number of amides is 1. The van der Waals surface area contributed by atoms with Gasteiger partial charge in [0.1, 0.15) is 13.2 Å². The minimum absolute atomic E-state index is 0.00765. The predicted octanol–water partition coefficient (Wildman–Crippen LogP) is 1.40. The van der Waals surface area contributed by atoms with Crippen LogP contribution in [0.15, 0.2) is 18.2 Å². The zero-order valence-electron chi connectivity index (χ0n) is 10.5. The quantitative estimate of drug-likeness (QED) is 0.829. The van der Waals surface area contributed by atoms with E-state index in [4.69, 9.17) is 9.47 Å². The first-order chi connectivity index (χ1) is 8.79. The molecule has 0 unspecified atom stereocenters. The Morgan fingerprint density at radius 2 is 2.06 bits per heavy atom. The SMILES string of the molecule is CCCNC(=O)CNc1ccc2c(c1)OCCO2. The van der Waals surface area contributed by atoms with Crippen LogP contribution in [-0.4, -0.2) is 32.2 Å². The lowest BCUT2D eigenvalue weighted by atomic mass is 10.2. The number of carbonyl (C=O) groups is 1. The highest BCUT2D eigenvalue weighted by Crippen LogP contribution is 2.32. The van der Waals surface area contributed by atoms with Crippen LogP contribution in [0.1, 0.15) is 13.3 Å². The zero-order chi connectivity index (χ0) is 12.8. The molecular formula is C13H18N2O3. The number of hydrogen-bond donors (Lipinski definition) is 2. The van der Waals surface area contributed by atoms with Gasteiger partial charge in [-0.15, -0.1) is 0 Å². The molecule has 0 aliphatic carbocycles. The van der Waals surface area contributed by atoms with Crippen molar-refractivity contribution in [3.63, 3.8) is 0 Å². The zero-order valence-corrected chi connectivity index (χ0v) is 10.5. The molecule has 0 saturated carbocycles. The second-order valence-corrected chi connectivity index (χ2v) is 4.06. The minimum atomic E-state index is -0.00765. The molecule has 18 heavy (non-hydrogen) atoms. The first kappa shape index (κ1) is 12.5. The number of fused-ring (bicyclic) bond motifs is 1. The molecule has 0 spiro atoms. The van der Waals surface area contributed by atoms with E-state index < -0.39 is 0 Å². The maximum absolute atomic E-state index is 11.4. The molecule has 0 fully saturated rings. The smallest absolute Gasteiger partial charge is 0.239 e. The molecule has 0 aromatic heterocycles. The molecule has 1 aromatic carbocycles. The third-order valence-corrected chi connectivity index (χ3v) is 2.57. The highest BCUT2D eigenvalue weighted by Gasteiger charge is 2.11. The predicted molar refractivity (Wildman–Crippen MR) is 69.2 cm³/mol. The maximum atomic E-state index is 11.4. The van der Waals surface area contributed by atoms with Crippen LogP contribution in [0.2, 0.25) is 0 Å². The average Bonchev–Trinajstić information content (AvgIpc) is 2.42. The van der Waals surface area contributed by atoms with Crippen LogP contribution in [0.3, 0.4) is 0 Å². The second-order valence-electron chi connectivity index (χ2n) is 4.06. The number of hydrogen-bond acceptors (Lipinski definition) is 4. The van der Waals surface area contributed by atoms with Crippen LogP contribution in [-0.2, 0) is 4.79 Å². The molecule has 5 nitrogen and oxygen atoms in total. The largest absolute Gasteiger partial charge is 0.486 e. The van der Waals surface area contributed by atoms with E-state index in [0.29, 0.717) is 19.8 Å². The van der Waals surface area contributed by atoms with Crippen LogP contribution in [0, 0.1) is 0 Å². The Balaban J connectivity index is 1.88. The van der Waals surface area contributed by atoms with Crippen LogP contribution in [0.25, 0.3) is 0 Å². The van der Waals surface area contributed by atoms with Crippen LogP contribution in [0.5, 0.6) is 11.5 Å². The molecule has 0 radical (unpaired) electrons. The van der Waals surface area contributed by atoms with Crippen molar-refractivity contribution >= 4 is 11.6 Å². The van der Waals surface area contributed by atoms with Crippen molar-refractivity contribution in [2.24, 2.45) is 0 Å². The Morgan fingerprint density at radius 3 is 2.83 bits per heavy atom. The molecule has 5 heteroatoms. The van der Waals surface area contributed by atoms with Gasteiger partial charge in [-0.25, -0.2) is 0 Å². The number of benzene rings is 1. The van der Waals surface area contributed by atoms with Crippen molar-refractivity contribution in [1.29, 1.82) is 0 Å². The number of carbonyl (C=O) groups excluding carboxylic acids is 1. The van der Waals surface area contributed by atoms with Gasteiger partial charge >= 0.3 is 0 Å². The topological polar surface area (TPSA) is 59.6 Å². The molecule has 2 N–H and O–H groups in total. The van der Waals surface area contributed by atoms with E-state index in [1.54, 1.807) is 0 Å². The Bertz CT molecular complexity index is 421. The fraction of sp³-hybridized carbons (Fsp3) is 0.462. The summed E-state index contributed by atoms with van der Waals surface area (Å²) in [7, 11) is 0. The monoisotopic (exact) mass is 250 g/mol. The van der Waals surface area contributed by atoms with Crippen molar-refractivity contribution in [3.05, 3.63) is 18.2 Å². The summed E-state index contributed by atoms with van der Waals surface area (Å²) < 4.78 is 10.9. The maximum Gasteiger partial charge on any atom is 0.239 e. The number of ether oxygens (including phenoxy) is 2. The van der Waals surface area contributed by atoms with Crippen molar-refractivity contribution in [2.45, 2.75) is 13.3 Å². The summed E-state index contributed by atoms with van der Waals surface area (Å²) in [6.07, 6.45) is 0.940. The van der Waals surface area contributed by atoms with Gasteiger partial charge in [0.05, 0.1) is 6.54 Å².